The molecule has 6 heteroatoms. The van der Waals surface area contributed by atoms with Gasteiger partial charge in [-0.2, -0.15) is 5.11 Å². The van der Waals surface area contributed by atoms with Crippen LogP contribution in [0.25, 0.3) is 5.69 Å². The molecule has 23 heavy (non-hydrogen) atoms. The summed E-state index contributed by atoms with van der Waals surface area (Å²) in [5.74, 6) is 0. The Balaban J connectivity index is 1.96. The van der Waals surface area contributed by atoms with Crippen molar-refractivity contribution in [2.45, 2.75) is 13.8 Å². The molecule has 0 bridgehead atoms. The van der Waals surface area contributed by atoms with Gasteiger partial charge in [0.25, 0.3) is 5.56 Å². The summed E-state index contributed by atoms with van der Waals surface area (Å²) in [6, 6.07) is 14.6. The summed E-state index contributed by atoms with van der Waals surface area (Å²) >= 11 is 5.83. The summed E-state index contributed by atoms with van der Waals surface area (Å²) in [6.07, 6.45) is 0. The molecule has 0 amide bonds. The lowest BCUT2D eigenvalue weighted by molar-refractivity contribution is 0.835. The Hall–Kier alpha value is -2.66. The van der Waals surface area contributed by atoms with Crippen LogP contribution in [0.15, 0.2) is 63.6 Å². The van der Waals surface area contributed by atoms with Gasteiger partial charge in [-0.1, -0.05) is 29.3 Å². The van der Waals surface area contributed by atoms with Gasteiger partial charge in [0.05, 0.1) is 17.1 Å². The zero-order chi connectivity index (χ0) is 16.4. The Morgan fingerprint density at radius 3 is 2.26 bits per heavy atom. The highest BCUT2D eigenvalue weighted by Gasteiger charge is 2.11. The van der Waals surface area contributed by atoms with Crippen LogP contribution in [0.4, 0.5) is 11.4 Å². The Morgan fingerprint density at radius 1 is 0.957 bits per heavy atom. The van der Waals surface area contributed by atoms with E-state index >= 15 is 0 Å². The van der Waals surface area contributed by atoms with Gasteiger partial charge in [-0.15, -0.1) is 5.11 Å². The molecule has 0 fully saturated rings. The van der Waals surface area contributed by atoms with Gasteiger partial charge in [0.1, 0.15) is 0 Å². The van der Waals surface area contributed by atoms with Crippen LogP contribution >= 0.6 is 11.6 Å². The smallest absolute Gasteiger partial charge is 0.293 e. The number of hydrogen-bond acceptors (Lipinski definition) is 3. The first-order chi connectivity index (χ1) is 11.0. The zero-order valence-electron chi connectivity index (χ0n) is 12.7. The van der Waals surface area contributed by atoms with Gasteiger partial charge >= 0.3 is 0 Å². The van der Waals surface area contributed by atoms with E-state index in [1.165, 1.54) is 4.68 Å². The number of rotatable bonds is 3. The van der Waals surface area contributed by atoms with Crippen molar-refractivity contribution < 1.29 is 0 Å². The minimum absolute atomic E-state index is 0.232. The van der Waals surface area contributed by atoms with E-state index in [4.69, 9.17) is 11.6 Å². The Kier molecular flexibility index (Phi) is 4.12. The quantitative estimate of drug-likeness (QED) is 0.687. The summed E-state index contributed by atoms with van der Waals surface area (Å²) in [5.41, 5.74) is 3.25. The number of aromatic amines is 1. The fraction of sp³-hybridized carbons (Fsp3) is 0.118. The minimum atomic E-state index is -0.232. The van der Waals surface area contributed by atoms with Crippen molar-refractivity contribution in [2.75, 3.05) is 0 Å². The minimum Gasteiger partial charge on any atom is -0.293 e. The molecule has 1 N–H and O–H groups in total. The molecule has 0 saturated heterocycles. The number of hydrogen-bond donors (Lipinski definition) is 1. The van der Waals surface area contributed by atoms with Crippen molar-refractivity contribution >= 4 is 23.0 Å². The van der Waals surface area contributed by atoms with Gasteiger partial charge in [-0.25, -0.2) is 4.68 Å². The topological polar surface area (TPSA) is 62.5 Å². The summed E-state index contributed by atoms with van der Waals surface area (Å²) in [6.45, 7) is 3.79. The van der Waals surface area contributed by atoms with Crippen LogP contribution in [0.2, 0.25) is 5.02 Å². The number of halogens is 1. The summed E-state index contributed by atoms with van der Waals surface area (Å²) in [5, 5.41) is 11.8. The van der Waals surface area contributed by atoms with Crippen molar-refractivity contribution in [1.82, 2.24) is 9.78 Å². The molecule has 0 aliphatic carbocycles. The molecule has 116 valence electrons. The molecule has 3 aromatic rings. The molecule has 0 aliphatic rings. The predicted molar refractivity (Wildman–Crippen MR) is 91.5 cm³/mol. The molecule has 1 heterocycles. The lowest BCUT2D eigenvalue weighted by atomic mass is 10.2. The van der Waals surface area contributed by atoms with Crippen molar-refractivity contribution in [3.8, 4) is 5.69 Å². The molecular weight excluding hydrogens is 312 g/mol. The highest BCUT2D eigenvalue weighted by molar-refractivity contribution is 6.30. The molecule has 1 aromatic heterocycles. The average Bonchev–Trinajstić information content (AvgIpc) is 2.82. The molecule has 0 aliphatic heterocycles. The second-order valence-electron chi connectivity index (χ2n) is 5.24. The maximum atomic E-state index is 12.5. The number of benzene rings is 2. The first kappa shape index (κ1) is 15.2. The molecule has 3 rings (SSSR count). The molecule has 0 radical (unpaired) electrons. The first-order valence-corrected chi connectivity index (χ1v) is 7.48. The van der Waals surface area contributed by atoms with Crippen LogP contribution in [0.1, 0.15) is 11.3 Å². The molecule has 2 aromatic carbocycles. The maximum Gasteiger partial charge on any atom is 0.299 e. The van der Waals surface area contributed by atoms with E-state index in [0.29, 0.717) is 22.1 Å². The van der Waals surface area contributed by atoms with Crippen molar-refractivity contribution in [1.29, 1.82) is 0 Å². The highest BCUT2D eigenvalue weighted by Crippen LogP contribution is 2.20. The Labute approximate surface area is 138 Å². The van der Waals surface area contributed by atoms with Gasteiger partial charge in [-0.05, 0) is 50.2 Å². The van der Waals surface area contributed by atoms with E-state index in [2.05, 4.69) is 15.3 Å². The van der Waals surface area contributed by atoms with Gasteiger partial charge < -0.3 is 0 Å². The van der Waals surface area contributed by atoms with Crippen LogP contribution in [-0.2, 0) is 0 Å². The number of azo groups is 1. The number of aryl methyl sites for hydroxylation is 2. The fourth-order valence-corrected chi connectivity index (χ4v) is 2.27. The molecule has 0 saturated carbocycles. The van der Waals surface area contributed by atoms with Crippen molar-refractivity contribution in [2.24, 2.45) is 10.2 Å². The van der Waals surface area contributed by atoms with Crippen molar-refractivity contribution in [3.05, 3.63) is 75.2 Å². The summed E-state index contributed by atoms with van der Waals surface area (Å²) < 4.78 is 1.46. The largest absolute Gasteiger partial charge is 0.299 e. The lowest BCUT2D eigenvalue weighted by Crippen LogP contribution is -2.13. The molecule has 0 atom stereocenters. The zero-order valence-corrected chi connectivity index (χ0v) is 13.5. The van der Waals surface area contributed by atoms with E-state index in [1.807, 2.05) is 31.2 Å². The molecule has 5 nitrogen and oxygen atoms in total. The Morgan fingerprint density at radius 2 is 1.61 bits per heavy atom. The van der Waals surface area contributed by atoms with E-state index in [1.54, 1.807) is 31.2 Å². The normalized spacial score (nSPS) is 11.3. The van der Waals surface area contributed by atoms with Gasteiger partial charge in [-0.3, -0.25) is 9.89 Å². The second kappa shape index (κ2) is 6.22. The standard InChI is InChI=1S/C17H15ClN4O/c1-11-3-9-15(10-4-11)22-17(23)16(12(2)21-22)20-19-14-7-5-13(18)6-8-14/h3-10,21H,1-2H3. The third-order valence-electron chi connectivity index (χ3n) is 3.42. The fourth-order valence-electron chi connectivity index (χ4n) is 2.15. The number of nitrogens with zero attached hydrogens (tertiary/aromatic N) is 3. The van der Waals surface area contributed by atoms with E-state index in [-0.39, 0.29) is 5.56 Å². The van der Waals surface area contributed by atoms with Gasteiger partial charge in [0.2, 0.25) is 0 Å². The monoisotopic (exact) mass is 326 g/mol. The number of aromatic nitrogens is 2. The molecule has 0 spiro atoms. The summed E-state index contributed by atoms with van der Waals surface area (Å²) in [7, 11) is 0. The van der Waals surface area contributed by atoms with E-state index in [9.17, 15) is 4.79 Å². The molecular formula is C17H15ClN4O. The van der Waals surface area contributed by atoms with Gasteiger partial charge in [0, 0.05) is 5.02 Å². The van der Waals surface area contributed by atoms with E-state index in [0.717, 1.165) is 11.3 Å². The highest BCUT2D eigenvalue weighted by atomic mass is 35.5. The second-order valence-corrected chi connectivity index (χ2v) is 5.67. The lowest BCUT2D eigenvalue weighted by Gasteiger charge is -2.01. The van der Waals surface area contributed by atoms with Crippen LogP contribution in [0, 0.1) is 13.8 Å². The third-order valence-corrected chi connectivity index (χ3v) is 3.68. The van der Waals surface area contributed by atoms with Crippen LogP contribution < -0.4 is 5.56 Å². The van der Waals surface area contributed by atoms with Crippen LogP contribution in [-0.4, -0.2) is 9.78 Å². The maximum absolute atomic E-state index is 12.5. The third kappa shape index (κ3) is 3.24. The Bertz CT molecular complexity index is 905. The van der Waals surface area contributed by atoms with Crippen LogP contribution in [0.3, 0.4) is 0 Å². The van der Waals surface area contributed by atoms with E-state index < -0.39 is 0 Å². The van der Waals surface area contributed by atoms with Gasteiger partial charge in [0.15, 0.2) is 5.69 Å². The molecule has 0 unspecified atom stereocenters. The first-order valence-electron chi connectivity index (χ1n) is 7.10. The SMILES string of the molecule is Cc1ccc(-n2[nH]c(C)c(N=Nc3ccc(Cl)cc3)c2=O)cc1. The van der Waals surface area contributed by atoms with Crippen LogP contribution in [0.5, 0.6) is 0 Å². The van der Waals surface area contributed by atoms with Crippen molar-refractivity contribution in [3.63, 3.8) is 0 Å². The predicted octanol–water partition coefficient (Wildman–Crippen LogP) is 4.85. The summed E-state index contributed by atoms with van der Waals surface area (Å²) in [4.78, 5) is 12.5. The number of nitrogens with one attached hydrogen (secondary N) is 1. The average molecular weight is 327 g/mol. The number of H-pyrrole nitrogens is 1.